The van der Waals surface area contributed by atoms with Crippen molar-refractivity contribution in [2.45, 2.75) is 45.6 Å². The second-order valence-corrected chi connectivity index (χ2v) is 6.98. The Hall–Kier alpha value is -0.340. The minimum atomic E-state index is 0.715. The van der Waals surface area contributed by atoms with Crippen molar-refractivity contribution < 1.29 is 0 Å². The third kappa shape index (κ3) is 2.05. The fraction of sp³-hybridized carbons (Fsp3) is 0.714. The van der Waals surface area contributed by atoms with Gasteiger partial charge in [0.25, 0.3) is 0 Å². The molecule has 0 amide bonds. The summed E-state index contributed by atoms with van der Waals surface area (Å²) in [6.07, 6.45) is 7.43. The number of hydrogen-bond donors (Lipinski definition) is 1. The number of nitrogens with one attached hydrogen (secondary N) is 1. The molecule has 0 atom stereocenters. The summed E-state index contributed by atoms with van der Waals surface area (Å²) in [6.45, 7) is 4.52. The minimum absolute atomic E-state index is 0.715. The van der Waals surface area contributed by atoms with E-state index in [-0.39, 0.29) is 0 Å². The third-order valence-electron chi connectivity index (χ3n) is 4.37. The number of hydrogen-bond acceptors (Lipinski definition) is 2. The number of thiophene rings is 1. The first-order valence-corrected chi connectivity index (χ1v) is 7.36. The fourth-order valence-electron chi connectivity index (χ4n) is 3.07. The highest BCUT2D eigenvalue weighted by Crippen LogP contribution is 2.56. The Labute approximate surface area is 102 Å². The van der Waals surface area contributed by atoms with Crippen LogP contribution in [0.5, 0.6) is 0 Å². The van der Waals surface area contributed by atoms with Crippen molar-refractivity contribution in [1.29, 1.82) is 0 Å². The van der Waals surface area contributed by atoms with Crippen LogP contribution >= 0.6 is 11.3 Å². The summed E-state index contributed by atoms with van der Waals surface area (Å²) in [4.78, 5) is 2.92. The van der Waals surface area contributed by atoms with E-state index in [2.05, 4.69) is 24.4 Å². The van der Waals surface area contributed by atoms with Gasteiger partial charge in [0.2, 0.25) is 0 Å². The first kappa shape index (κ1) is 10.8. The van der Waals surface area contributed by atoms with Gasteiger partial charge in [-0.05, 0) is 56.1 Å². The maximum absolute atomic E-state index is 3.69. The Kier molecular flexibility index (Phi) is 2.80. The molecule has 2 aliphatic rings. The summed E-state index contributed by atoms with van der Waals surface area (Å²) in [6, 6.07) is 4.49. The van der Waals surface area contributed by atoms with Crippen LogP contribution < -0.4 is 5.32 Å². The zero-order valence-electron chi connectivity index (χ0n) is 10.1. The van der Waals surface area contributed by atoms with Gasteiger partial charge in [-0.3, -0.25) is 0 Å². The van der Waals surface area contributed by atoms with Gasteiger partial charge in [0.1, 0.15) is 0 Å². The average molecular weight is 235 g/mol. The van der Waals surface area contributed by atoms with E-state index in [0.717, 1.165) is 12.5 Å². The van der Waals surface area contributed by atoms with Crippen molar-refractivity contribution >= 4 is 11.3 Å². The molecule has 0 aliphatic heterocycles. The van der Waals surface area contributed by atoms with Crippen molar-refractivity contribution in [2.24, 2.45) is 11.3 Å². The van der Waals surface area contributed by atoms with Crippen LogP contribution in [0.1, 0.15) is 41.9 Å². The van der Waals surface area contributed by atoms with Crippen molar-refractivity contribution in [1.82, 2.24) is 5.32 Å². The number of aryl methyl sites for hydroxylation is 1. The average Bonchev–Trinajstić information content (AvgIpc) is 2.96. The molecule has 2 aliphatic carbocycles. The van der Waals surface area contributed by atoms with Crippen molar-refractivity contribution in [3.05, 3.63) is 21.9 Å². The van der Waals surface area contributed by atoms with Crippen molar-refractivity contribution in [3.63, 3.8) is 0 Å². The monoisotopic (exact) mass is 235 g/mol. The molecular weight excluding hydrogens is 214 g/mol. The molecule has 2 heteroatoms. The molecule has 2 fully saturated rings. The van der Waals surface area contributed by atoms with E-state index >= 15 is 0 Å². The summed E-state index contributed by atoms with van der Waals surface area (Å²) in [5.41, 5.74) is 0.715. The van der Waals surface area contributed by atoms with Gasteiger partial charge < -0.3 is 5.32 Å². The van der Waals surface area contributed by atoms with Crippen LogP contribution in [0.3, 0.4) is 0 Å². The van der Waals surface area contributed by atoms with Gasteiger partial charge in [-0.1, -0.05) is 6.42 Å². The lowest BCUT2D eigenvalue weighted by Crippen LogP contribution is -2.41. The molecule has 1 aromatic heterocycles. The predicted octanol–water partition coefficient (Wildman–Crippen LogP) is 3.73. The Morgan fingerprint density at radius 3 is 2.69 bits per heavy atom. The molecule has 2 saturated carbocycles. The lowest BCUT2D eigenvalue weighted by atomic mass is 9.65. The van der Waals surface area contributed by atoms with Gasteiger partial charge in [0, 0.05) is 22.8 Å². The Morgan fingerprint density at radius 1 is 1.38 bits per heavy atom. The molecule has 1 aromatic rings. The fourth-order valence-corrected chi connectivity index (χ4v) is 3.93. The largest absolute Gasteiger partial charge is 0.311 e. The van der Waals surface area contributed by atoms with Crippen molar-refractivity contribution in [3.8, 4) is 0 Å². The maximum Gasteiger partial charge on any atom is 0.0300 e. The van der Waals surface area contributed by atoms with Crippen LogP contribution in [0.2, 0.25) is 0 Å². The third-order valence-corrected chi connectivity index (χ3v) is 5.37. The van der Waals surface area contributed by atoms with E-state index < -0.39 is 0 Å². The molecule has 0 unspecified atom stereocenters. The first-order valence-electron chi connectivity index (χ1n) is 6.55. The molecule has 0 spiro atoms. The Morgan fingerprint density at radius 2 is 2.19 bits per heavy atom. The highest BCUT2D eigenvalue weighted by atomic mass is 32.1. The molecule has 1 N–H and O–H groups in total. The second kappa shape index (κ2) is 4.15. The molecule has 0 aromatic carbocycles. The molecule has 1 heterocycles. The van der Waals surface area contributed by atoms with Crippen LogP contribution in [-0.2, 0) is 6.54 Å². The van der Waals surface area contributed by atoms with Crippen LogP contribution in [0.4, 0.5) is 0 Å². The summed E-state index contributed by atoms with van der Waals surface area (Å²) in [7, 11) is 0. The first-order chi connectivity index (χ1) is 7.78. The SMILES string of the molecule is Cc1ccc(CNCC2(C3CC3)CCC2)s1. The van der Waals surface area contributed by atoms with E-state index in [9.17, 15) is 0 Å². The van der Waals surface area contributed by atoms with E-state index in [4.69, 9.17) is 0 Å². The van der Waals surface area contributed by atoms with Gasteiger partial charge in [-0.15, -0.1) is 11.3 Å². The van der Waals surface area contributed by atoms with Gasteiger partial charge in [-0.25, -0.2) is 0 Å². The summed E-state index contributed by atoms with van der Waals surface area (Å²) in [5, 5.41) is 3.69. The standard InChI is InChI=1S/C14H21NS/c1-11-3-6-13(16-11)9-15-10-14(7-2-8-14)12-4-5-12/h3,6,12,15H,2,4-5,7-10H2,1H3. The summed E-state index contributed by atoms with van der Waals surface area (Å²) >= 11 is 1.93. The highest BCUT2D eigenvalue weighted by Gasteiger charge is 2.48. The lowest BCUT2D eigenvalue weighted by molar-refractivity contribution is 0.0988. The molecular formula is C14H21NS. The van der Waals surface area contributed by atoms with Gasteiger partial charge >= 0.3 is 0 Å². The number of rotatable bonds is 5. The van der Waals surface area contributed by atoms with Crippen LogP contribution in [0, 0.1) is 18.3 Å². The van der Waals surface area contributed by atoms with E-state index in [0.29, 0.717) is 5.41 Å². The molecule has 1 nitrogen and oxygen atoms in total. The highest BCUT2D eigenvalue weighted by molar-refractivity contribution is 7.11. The van der Waals surface area contributed by atoms with Gasteiger partial charge in [-0.2, -0.15) is 0 Å². The normalized spacial score (nSPS) is 23.1. The van der Waals surface area contributed by atoms with Crippen molar-refractivity contribution in [2.75, 3.05) is 6.54 Å². The van der Waals surface area contributed by atoms with Crippen LogP contribution in [0.15, 0.2) is 12.1 Å². The lowest BCUT2D eigenvalue weighted by Gasteiger charge is -2.42. The minimum Gasteiger partial charge on any atom is -0.311 e. The zero-order valence-corrected chi connectivity index (χ0v) is 10.9. The van der Waals surface area contributed by atoms with Gasteiger partial charge in [0.15, 0.2) is 0 Å². The maximum atomic E-state index is 3.69. The Balaban J connectivity index is 1.49. The smallest absolute Gasteiger partial charge is 0.0300 e. The van der Waals surface area contributed by atoms with Gasteiger partial charge in [0.05, 0.1) is 0 Å². The quantitative estimate of drug-likeness (QED) is 0.820. The van der Waals surface area contributed by atoms with E-state index in [1.165, 1.54) is 48.4 Å². The summed E-state index contributed by atoms with van der Waals surface area (Å²) < 4.78 is 0. The summed E-state index contributed by atoms with van der Waals surface area (Å²) in [5.74, 6) is 1.07. The van der Waals surface area contributed by atoms with Crippen LogP contribution in [0.25, 0.3) is 0 Å². The topological polar surface area (TPSA) is 12.0 Å². The molecule has 16 heavy (non-hydrogen) atoms. The predicted molar refractivity (Wildman–Crippen MR) is 69.8 cm³/mol. The molecule has 3 rings (SSSR count). The second-order valence-electron chi connectivity index (χ2n) is 5.61. The zero-order chi connectivity index (χ0) is 11.0. The Bertz CT molecular complexity index is 361. The molecule has 88 valence electrons. The van der Waals surface area contributed by atoms with E-state index in [1.54, 1.807) is 0 Å². The molecule has 0 bridgehead atoms. The van der Waals surface area contributed by atoms with E-state index in [1.807, 2.05) is 11.3 Å². The molecule has 0 radical (unpaired) electrons. The molecule has 0 saturated heterocycles. The van der Waals surface area contributed by atoms with Crippen LogP contribution in [-0.4, -0.2) is 6.54 Å².